The number of alkyl halides is 1. The first kappa shape index (κ1) is 23.0. The second-order valence-corrected chi connectivity index (χ2v) is 8.41. The molecule has 0 unspecified atom stereocenters. The third-order valence-electron chi connectivity index (χ3n) is 5.57. The van der Waals surface area contributed by atoms with Crippen LogP contribution in [-0.4, -0.2) is 30.0 Å². The zero-order valence-electron chi connectivity index (χ0n) is 18.2. The van der Waals surface area contributed by atoms with Crippen molar-refractivity contribution in [3.05, 3.63) is 108 Å². The van der Waals surface area contributed by atoms with Crippen LogP contribution in [0.5, 0.6) is 0 Å². The standard InChI is InChI=1S/C27H29ClO4/c1-20-24(29-17-21-11-5-2-6-12-21)25(30-18-22-13-7-3-8-14-22)26(27(28)32-20)31-19-23-15-9-4-10-16-23/h2-16,20,24-27H,17-19H2,1H3/t20-,24+,25+,26-,27+/m0/s1. The van der Waals surface area contributed by atoms with E-state index in [9.17, 15) is 0 Å². The highest BCUT2D eigenvalue weighted by molar-refractivity contribution is 6.20. The lowest BCUT2D eigenvalue weighted by Gasteiger charge is -2.43. The maximum Gasteiger partial charge on any atom is 0.160 e. The Balaban J connectivity index is 1.50. The van der Waals surface area contributed by atoms with Gasteiger partial charge in [0.05, 0.1) is 25.9 Å². The van der Waals surface area contributed by atoms with Gasteiger partial charge in [0.15, 0.2) is 5.56 Å². The molecule has 0 bridgehead atoms. The molecule has 32 heavy (non-hydrogen) atoms. The molecule has 0 aromatic heterocycles. The molecule has 0 N–H and O–H groups in total. The average Bonchev–Trinajstić information content (AvgIpc) is 2.83. The quantitative estimate of drug-likeness (QED) is 0.389. The van der Waals surface area contributed by atoms with Crippen LogP contribution in [0.4, 0.5) is 0 Å². The van der Waals surface area contributed by atoms with Crippen molar-refractivity contribution in [1.82, 2.24) is 0 Å². The highest BCUT2D eigenvalue weighted by atomic mass is 35.5. The maximum atomic E-state index is 6.62. The monoisotopic (exact) mass is 452 g/mol. The van der Waals surface area contributed by atoms with E-state index in [2.05, 4.69) is 0 Å². The molecule has 1 aliphatic rings. The van der Waals surface area contributed by atoms with E-state index in [4.69, 9.17) is 30.5 Å². The molecule has 1 saturated heterocycles. The Morgan fingerprint density at radius 2 is 0.969 bits per heavy atom. The number of ether oxygens (including phenoxy) is 4. The van der Waals surface area contributed by atoms with Crippen LogP contribution in [0.3, 0.4) is 0 Å². The van der Waals surface area contributed by atoms with E-state index in [0.29, 0.717) is 19.8 Å². The summed E-state index contributed by atoms with van der Waals surface area (Å²) in [5, 5.41) is 0. The summed E-state index contributed by atoms with van der Waals surface area (Å²) in [6.45, 7) is 3.29. The second kappa shape index (κ2) is 11.6. The molecule has 0 radical (unpaired) electrons. The van der Waals surface area contributed by atoms with Gasteiger partial charge < -0.3 is 18.9 Å². The highest BCUT2D eigenvalue weighted by Gasteiger charge is 2.46. The Kier molecular flexibility index (Phi) is 8.32. The first-order valence-electron chi connectivity index (χ1n) is 11.0. The zero-order valence-corrected chi connectivity index (χ0v) is 18.9. The van der Waals surface area contributed by atoms with E-state index < -0.39 is 11.7 Å². The third kappa shape index (κ3) is 6.18. The summed E-state index contributed by atoms with van der Waals surface area (Å²) in [5.74, 6) is 0. The molecule has 4 rings (SSSR count). The number of hydrogen-bond acceptors (Lipinski definition) is 4. The molecule has 0 aliphatic carbocycles. The second-order valence-electron chi connectivity index (χ2n) is 7.98. The topological polar surface area (TPSA) is 36.9 Å². The fourth-order valence-corrected chi connectivity index (χ4v) is 4.23. The van der Waals surface area contributed by atoms with Crippen molar-refractivity contribution in [2.24, 2.45) is 0 Å². The van der Waals surface area contributed by atoms with Gasteiger partial charge in [-0.25, -0.2) is 0 Å². The molecule has 3 aromatic rings. The Labute approximate surface area is 195 Å². The average molecular weight is 453 g/mol. The van der Waals surface area contributed by atoms with Gasteiger partial charge >= 0.3 is 0 Å². The number of halogens is 1. The predicted molar refractivity (Wildman–Crippen MR) is 125 cm³/mol. The minimum atomic E-state index is -0.633. The summed E-state index contributed by atoms with van der Waals surface area (Å²) in [4.78, 5) is 0. The summed E-state index contributed by atoms with van der Waals surface area (Å²) in [7, 11) is 0. The van der Waals surface area contributed by atoms with Crippen molar-refractivity contribution in [1.29, 1.82) is 0 Å². The van der Waals surface area contributed by atoms with E-state index in [1.807, 2.05) is 97.9 Å². The lowest BCUT2D eigenvalue weighted by atomic mass is 9.99. The Morgan fingerprint density at radius 1 is 0.594 bits per heavy atom. The van der Waals surface area contributed by atoms with E-state index in [0.717, 1.165) is 16.7 Å². The van der Waals surface area contributed by atoms with Crippen molar-refractivity contribution in [3.63, 3.8) is 0 Å². The van der Waals surface area contributed by atoms with Crippen molar-refractivity contribution < 1.29 is 18.9 Å². The van der Waals surface area contributed by atoms with Crippen LogP contribution in [0.2, 0.25) is 0 Å². The van der Waals surface area contributed by atoms with Crippen LogP contribution >= 0.6 is 11.6 Å². The van der Waals surface area contributed by atoms with Crippen LogP contribution < -0.4 is 0 Å². The smallest absolute Gasteiger partial charge is 0.160 e. The van der Waals surface area contributed by atoms with Gasteiger partial charge in [0, 0.05) is 0 Å². The fourth-order valence-electron chi connectivity index (χ4n) is 3.85. The highest BCUT2D eigenvalue weighted by Crippen LogP contribution is 2.31. The van der Waals surface area contributed by atoms with Crippen LogP contribution in [0, 0.1) is 0 Å². The van der Waals surface area contributed by atoms with Gasteiger partial charge in [-0.3, -0.25) is 0 Å². The molecule has 0 saturated carbocycles. The minimum absolute atomic E-state index is 0.237. The van der Waals surface area contributed by atoms with Crippen LogP contribution in [0.25, 0.3) is 0 Å². The third-order valence-corrected chi connectivity index (χ3v) is 5.92. The van der Waals surface area contributed by atoms with Crippen molar-refractivity contribution >= 4 is 11.6 Å². The molecule has 1 heterocycles. The van der Waals surface area contributed by atoms with Crippen molar-refractivity contribution in [2.45, 2.75) is 56.7 Å². The molecule has 5 heteroatoms. The van der Waals surface area contributed by atoms with E-state index in [1.54, 1.807) is 0 Å². The molecule has 4 nitrogen and oxygen atoms in total. The minimum Gasteiger partial charge on any atom is -0.368 e. The summed E-state index contributed by atoms with van der Waals surface area (Å²) in [6.07, 6.45) is -1.42. The first-order valence-corrected chi connectivity index (χ1v) is 11.4. The lowest BCUT2D eigenvalue weighted by Crippen LogP contribution is -2.57. The van der Waals surface area contributed by atoms with Gasteiger partial charge in [-0.05, 0) is 23.6 Å². The Morgan fingerprint density at radius 3 is 1.41 bits per heavy atom. The lowest BCUT2D eigenvalue weighted by molar-refractivity contribution is -0.244. The molecular weight excluding hydrogens is 424 g/mol. The van der Waals surface area contributed by atoms with Crippen LogP contribution in [0.1, 0.15) is 23.6 Å². The Hall–Kier alpha value is -2.21. The van der Waals surface area contributed by atoms with Gasteiger partial charge in [-0.2, -0.15) is 0 Å². The van der Waals surface area contributed by atoms with Gasteiger partial charge in [-0.15, -0.1) is 0 Å². The van der Waals surface area contributed by atoms with Gasteiger partial charge in [0.2, 0.25) is 0 Å². The zero-order chi connectivity index (χ0) is 22.2. The summed E-state index contributed by atoms with van der Waals surface area (Å²) < 4.78 is 25.0. The fraction of sp³-hybridized carbons (Fsp3) is 0.333. The van der Waals surface area contributed by atoms with Crippen LogP contribution in [0.15, 0.2) is 91.0 Å². The molecule has 1 aliphatic heterocycles. The molecule has 1 fully saturated rings. The predicted octanol–water partition coefficient (Wildman–Crippen LogP) is 5.73. The molecule has 3 aromatic carbocycles. The summed E-state index contributed by atoms with van der Waals surface area (Å²) >= 11 is 6.62. The van der Waals surface area contributed by atoms with E-state index in [-0.39, 0.29) is 18.3 Å². The molecule has 0 spiro atoms. The molecule has 5 atom stereocenters. The summed E-state index contributed by atoms with van der Waals surface area (Å²) in [5.41, 5.74) is 2.61. The molecule has 168 valence electrons. The Bertz CT molecular complexity index is 867. The normalized spacial score (nSPS) is 25.5. The van der Waals surface area contributed by atoms with E-state index >= 15 is 0 Å². The molecular formula is C27H29ClO4. The van der Waals surface area contributed by atoms with Crippen molar-refractivity contribution in [2.75, 3.05) is 0 Å². The largest absolute Gasteiger partial charge is 0.368 e. The van der Waals surface area contributed by atoms with Gasteiger partial charge in [0.1, 0.15) is 18.3 Å². The number of hydrogen-bond donors (Lipinski definition) is 0. The van der Waals surface area contributed by atoms with Gasteiger partial charge in [0.25, 0.3) is 0 Å². The number of benzene rings is 3. The van der Waals surface area contributed by atoms with E-state index in [1.165, 1.54) is 0 Å². The number of rotatable bonds is 9. The summed E-state index contributed by atoms with van der Waals surface area (Å²) in [6, 6.07) is 30.2. The van der Waals surface area contributed by atoms with Crippen LogP contribution in [-0.2, 0) is 38.8 Å². The van der Waals surface area contributed by atoms with Gasteiger partial charge in [-0.1, -0.05) is 103 Å². The molecule has 0 amide bonds. The first-order chi connectivity index (χ1) is 15.7. The maximum absolute atomic E-state index is 6.62. The SMILES string of the molecule is C[C@@H]1O[C@@H](Cl)[C@@H](OCc2ccccc2)[C@H](OCc2ccccc2)[C@@H]1OCc1ccccc1. The van der Waals surface area contributed by atoms with Crippen molar-refractivity contribution in [3.8, 4) is 0 Å².